The minimum absolute atomic E-state index is 0.0620. The molecule has 13 heteroatoms. The van der Waals surface area contributed by atoms with E-state index < -0.39 is 20.8 Å². The number of anilines is 1. The Balaban J connectivity index is 2.16. The third-order valence-electron chi connectivity index (χ3n) is 3.63. The molecule has 2 rings (SSSR count). The average Bonchev–Trinajstić information content (AvgIpc) is 2.67. The van der Waals surface area contributed by atoms with Gasteiger partial charge in [-0.1, -0.05) is 34.8 Å². The second-order valence-corrected chi connectivity index (χ2v) is 9.72. The molecule has 1 unspecified atom stereocenters. The molecule has 0 aliphatic carbocycles. The highest BCUT2D eigenvalue weighted by molar-refractivity contribution is 14.1. The molecule has 0 bridgehead atoms. The second kappa shape index (κ2) is 10.6. The lowest BCUT2D eigenvalue weighted by molar-refractivity contribution is -0.384. The summed E-state index contributed by atoms with van der Waals surface area (Å²) in [4.78, 5) is 22.9. The molecule has 160 valence electrons. The van der Waals surface area contributed by atoms with E-state index in [1.165, 1.54) is 25.3 Å². The van der Waals surface area contributed by atoms with E-state index in [9.17, 15) is 14.9 Å². The van der Waals surface area contributed by atoms with Gasteiger partial charge in [-0.2, -0.15) is 0 Å². The van der Waals surface area contributed by atoms with Crippen molar-refractivity contribution in [2.24, 2.45) is 0 Å². The highest BCUT2D eigenvalue weighted by Crippen LogP contribution is 2.31. The number of hydrogen-bond donors (Lipinski definition) is 3. The van der Waals surface area contributed by atoms with Gasteiger partial charge in [0.25, 0.3) is 11.6 Å². The lowest BCUT2D eigenvalue weighted by atomic mass is 10.2. The van der Waals surface area contributed by atoms with Crippen LogP contribution in [0.2, 0.25) is 0 Å². The van der Waals surface area contributed by atoms with Gasteiger partial charge in [0.1, 0.15) is 11.9 Å². The minimum atomic E-state index is -1.96. The van der Waals surface area contributed by atoms with Crippen LogP contribution in [0.5, 0.6) is 5.75 Å². The fourth-order valence-corrected chi connectivity index (χ4v) is 3.13. The van der Waals surface area contributed by atoms with E-state index in [1.807, 2.05) is 0 Å². The number of amides is 1. The quantitative estimate of drug-likeness (QED) is 0.111. The molecule has 3 N–H and O–H groups in total. The van der Waals surface area contributed by atoms with Crippen LogP contribution in [0.25, 0.3) is 0 Å². The van der Waals surface area contributed by atoms with Crippen molar-refractivity contribution in [3.63, 3.8) is 0 Å². The van der Waals surface area contributed by atoms with Gasteiger partial charge < -0.3 is 20.7 Å². The average molecular weight is 604 g/mol. The zero-order valence-corrected chi connectivity index (χ0v) is 20.4. The number of nitrogens with zero attached hydrogens (tertiary/aromatic N) is 1. The Morgan fingerprint density at radius 1 is 1.20 bits per heavy atom. The van der Waals surface area contributed by atoms with E-state index >= 15 is 0 Å². The number of nitro groups is 1. The Labute approximate surface area is 205 Å². The molecular weight excluding hydrogens is 590 g/mol. The van der Waals surface area contributed by atoms with Gasteiger partial charge in [0.2, 0.25) is 3.79 Å². The Kier molecular flexibility index (Phi) is 8.73. The van der Waals surface area contributed by atoms with Crippen molar-refractivity contribution in [1.82, 2.24) is 10.6 Å². The largest absolute Gasteiger partial charge is 0.495 e. The van der Waals surface area contributed by atoms with Gasteiger partial charge in [-0.15, -0.1) is 0 Å². The van der Waals surface area contributed by atoms with Crippen molar-refractivity contribution in [3.8, 4) is 5.75 Å². The molecule has 0 aromatic heterocycles. The number of halogens is 4. The van der Waals surface area contributed by atoms with Crippen LogP contribution in [0.15, 0.2) is 42.5 Å². The SMILES string of the molecule is COc1ccc([N+](=O)[O-])cc1NC(=S)NC(NC(=O)c1ccc(I)cc1)C(Cl)(Cl)Cl. The first-order chi connectivity index (χ1) is 14.0. The first-order valence-electron chi connectivity index (χ1n) is 8.04. The van der Waals surface area contributed by atoms with Gasteiger partial charge in [-0.3, -0.25) is 14.9 Å². The molecular formula is C17H14Cl3IN4O4S. The van der Waals surface area contributed by atoms with E-state index in [0.29, 0.717) is 11.3 Å². The monoisotopic (exact) mass is 602 g/mol. The normalized spacial score (nSPS) is 11.9. The van der Waals surface area contributed by atoms with Crippen molar-refractivity contribution >= 4 is 92.0 Å². The maximum absolute atomic E-state index is 12.5. The maximum Gasteiger partial charge on any atom is 0.271 e. The summed E-state index contributed by atoms with van der Waals surface area (Å²) < 4.78 is 4.16. The zero-order chi connectivity index (χ0) is 22.5. The predicted molar refractivity (Wildman–Crippen MR) is 130 cm³/mol. The first kappa shape index (κ1) is 24.7. The zero-order valence-electron chi connectivity index (χ0n) is 15.1. The summed E-state index contributed by atoms with van der Waals surface area (Å²) in [6.45, 7) is 0. The molecule has 2 aromatic rings. The molecule has 0 radical (unpaired) electrons. The topological polar surface area (TPSA) is 106 Å². The summed E-state index contributed by atoms with van der Waals surface area (Å²) in [6, 6.07) is 10.7. The van der Waals surface area contributed by atoms with Crippen LogP contribution in [-0.4, -0.2) is 33.0 Å². The number of nitro benzene ring substituents is 1. The molecule has 0 saturated carbocycles. The van der Waals surface area contributed by atoms with Crippen LogP contribution in [0, 0.1) is 13.7 Å². The van der Waals surface area contributed by atoms with Crippen LogP contribution >= 0.6 is 69.6 Å². The smallest absolute Gasteiger partial charge is 0.271 e. The van der Waals surface area contributed by atoms with Crippen molar-refractivity contribution in [1.29, 1.82) is 0 Å². The first-order valence-corrected chi connectivity index (χ1v) is 10.7. The van der Waals surface area contributed by atoms with E-state index in [-0.39, 0.29) is 16.5 Å². The van der Waals surface area contributed by atoms with Crippen LogP contribution in [0.4, 0.5) is 11.4 Å². The molecule has 0 spiro atoms. The Hall–Kier alpha value is -1.60. The number of carbonyl (C=O) groups is 1. The molecule has 0 heterocycles. The van der Waals surface area contributed by atoms with Crippen molar-refractivity contribution in [2.45, 2.75) is 9.96 Å². The number of hydrogen-bond acceptors (Lipinski definition) is 5. The molecule has 1 amide bonds. The third-order valence-corrected chi connectivity index (χ3v) is 5.22. The predicted octanol–water partition coefficient (Wildman–Crippen LogP) is 4.62. The molecule has 0 aliphatic heterocycles. The summed E-state index contributed by atoms with van der Waals surface area (Å²) in [6.07, 6.45) is -1.21. The summed E-state index contributed by atoms with van der Waals surface area (Å²) in [5.74, 6) is -0.191. The summed E-state index contributed by atoms with van der Waals surface area (Å²) in [5.41, 5.74) is 0.401. The van der Waals surface area contributed by atoms with E-state index in [1.54, 1.807) is 24.3 Å². The van der Waals surface area contributed by atoms with Crippen molar-refractivity contribution < 1.29 is 14.5 Å². The lowest BCUT2D eigenvalue weighted by Crippen LogP contribution is -2.56. The van der Waals surface area contributed by atoms with E-state index in [4.69, 9.17) is 51.8 Å². The number of methoxy groups -OCH3 is 1. The number of thiocarbonyl (C=S) groups is 1. The molecule has 2 aromatic carbocycles. The van der Waals surface area contributed by atoms with Crippen molar-refractivity contribution in [3.05, 3.63) is 61.7 Å². The van der Waals surface area contributed by atoms with E-state index in [0.717, 1.165) is 3.57 Å². The summed E-state index contributed by atoms with van der Waals surface area (Å²) in [7, 11) is 1.40. The van der Waals surface area contributed by atoms with Gasteiger partial charge in [-0.25, -0.2) is 0 Å². The van der Waals surface area contributed by atoms with Crippen LogP contribution < -0.4 is 20.7 Å². The molecule has 8 nitrogen and oxygen atoms in total. The number of nitrogens with one attached hydrogen (secondary N) is 3. The molecule has 1 atom stereocenters. The van der Waals surface area contributed by atoms with Gasteiger partial charge >= 0.3 is 0 Å². The fourth-order valence-electron chi connectivity index (χ4n) is 2.21. The van der Waals surface area contributed by atoms with Gasteiger partial charge in [0.15, 0.2) is 5.11 Å². The number of carbonyl (C=O) groups excluding carboxylic acids is 1. The second-order valence-electron chi connectivity index (χ2n) is 5.70. The Morgan fingerprint density at radius 2 is 1.83 bits per heavy atom. The van der Waals surface area contributed by atoms with Crippen LogP contribution in [-0.2, 0) is 0 Å². The van der Waals surface area contributed by atoms with E-state index in [2.05, 4.69) is 38.5 Å². The highest BCUT2D eigenvalue weighted by Gasteiger charge is 2.35. The van der Waals surface area contributed by atoms with Gasteiger partial charge in [0, 0.05) is 21.3 Å². The fraction of sp³-hybridized carbons (Fsp3) is 0.176. The number of benzene rings is 2. The van der Waals surface area contributed by atoms with Crippen molar-refractivity contribution in [2.75, 3.05) is 12.4 Å². The highest BCUT2D eigenvalue weighted by atomic mass is 127. The number of alkyl halides is 3. The molecule has 0 fully saturated rings. The minimum Gasteiger partial charge on any atom is -0.495 e. The molecule has 30 heavy (non-hydrogen) atoms. The summed E-state index contributed by atoms with van der Waals surface area (Å²) in [5, 5.41) is 18.9. The van der Waals surface area contributed by atoms with Gasteiger partial charge in [0.05, 0.1) is 17.7 Å². The summed E-state index contributed by atoms with van der Waals surface area (Å²) >= 11 is 25.3. The standard InChI is InChI=1S/C17H14Cl3IN4O4S/c1-29-13-7-6-11(25(27)28)8-12(13)22-16(30)24-15(17(18,19)20)23-14(26)9-2-4-10(21)5-3-9/h2-8,15H,1H3,(H,23,26)(H2,22,24,30). The number of ether oxygens (including phenoxy) is 1. The number of rotatable bonds is 6. The lowest BCUT2D eigenvalue weighted by Gasteiger charge is -2.28. The maximum atomic E-state index is 12.5. The number of non-ortho nitro benzene ring substituents is 1. The Bertz CT molecular complexity index is 957. The molecule has 0 saturated heterocycles. The molecule has 0 aliphatic rings. The third kappa shape index (κ3) is 6.98. The van der Waals surface area contributed by atoms with Crippen LogP contribution in [0.3, 0.4) is 0 Å². The Morgan fingerprint density at radius 3 is 2.37 bits per heavy atom. The van der Waals surface area contributed by atoms with Gasteiger partial charge in [-0.05, 0) is 65.1 Å². The van der Waals surface area contributed by atoms with Crippen LogP contribution in [0.1, 0.15) is 10.4 Å².